The molecule has 1 saturated carbocycles. The van der Waals surface area contributed by atoms with Gasteiger partial charge in [-0.1, -0.05) is 23.3 Å². The highest BCUT2D eigenvalue weighted by Gasteiger charge is 2.78. The molecule has 1 aromatic carbocycles. The van der Waals surface area contributed by atoms with Gasteiger partial charge in [0.25, 0.3) is 0 Å². The summed E-state index contributed by atoms with van der Waals surface area (Å²) in [4.78, 5) is 26.3. The molecule has 0 spiro atoms. The Bertz CT molecular complexity index is 708. The van der Waals surface area contributed by atoms with Crippen molar-refractivity contribution in [1.29, 1.82) is 0 Å². The molecule has 122 valence electrons. The fraction of sp³-hybridized carbons (Fsp3) is 0.467. The second-order valence-corrected chi connectivity index (χ2v) is 5.74. The number of rotatable bonds is 5. The first-order chi connectivity index (χ1) is 11.5. The van der Waals surface area contributed by atoms with E-state index in [1.807, 2.05) is 0 Å². The van der Waals surface area contributed by atoms with Gasteiger partial charge in [0.05, 0.1) is 17.0 Å². The van der Waals surface area contributed by atoms with Gasteiger partial charge in [-0.3, -0.25) is 4.79 Å². The summed E-state index contributed by atoms with van der Waals surface area (Å²) in [6.45, 7) is 1.20. The number of hydrogen-bond acceptors (Lipinski definition) is 6. The fourth-order valence-electron chi connectivity index (χ4n) is 3.17. The summed E-state index contributed by atoms with van der Waals surface area (Å²) in [5, 5.41) is 3.55. The molecule has 1 aliphatic carbocycles. The highest BCUT2D eigenvalue weighted by Crippen LogP contribution is 2.60. The van der Waals surface area contributed by atoms with Crippen LogP contribution in [0.3, 0.4) is 0 Å². The SMILES string of the molecule is [B][C@@H]1O[C@@H]2C(OC(=O)c3ccccc3)[C@]2(CN=[N+]=[N-])[C@H]1OC(C)=O. The first kappa shape index (κ1) is 16.4. The van der Waals surface area contributed by atoms with Crippen LogP contribution in [0.2, 0.25) is 0 Å². The third-order valence-corrected chi connectivity index (χ3v) is 4.30. The van der Waals surface area contributed by atoms with Crippen LogP contribution in [0, 0.1) is 5.41 Å². The van der Waals surface area contributed by atoms with Crippen LogP contribution >= 0.6 is 0 Å². The van der Waals surface area contributed by atoms with Gasteiger partial charge in [0.1, 0.15) is 26.2 Å². The number of nitrogens with zero attached hydrogens (tertiary/aromatic N) is 3. The van der Waals surface area contributed by atoms with Gasteiger partial charge in [0, 0.05) is 18.4 Å². The van der Waals surface area contributed by atoms with Gasteiger partial charge in [0.2, 0.25) is 0 Å². The molecular formula is C15H14BN3O5. The molecule has 24 heavy (non-hydrogen) atoms. The quantitative estimate of drug-likeness (QED) is 0.266. The topological polar surface area (TPSA) is 111 Å². The Morgan fingerprint density at radius 2 is 2.04 bits per heavy atom. The van der Waals surface area contributed by atoms with Crippen LogP contribution in [-0.4, -0.2) is 50.6 Å². The van der Waals surface area contributed by atoms with Gasteiger partial charge in [-0.2, -0.15) is 0 Å². The summed E-state index contributed by atoms with van der Waals surface area (Å²) in [5.41, 5.74) is 8.05. The highest BCUT2D eigenvalue weighted by molar-refractivity contribution is 6.12. The van der Waals surface area contributed by atoms with Crippen LogP contribution in [-0.2, 0) is 19.0 Å². The van der Waals surface area contributed by atoms with E-state index in [0.29, 0.717) is 5.56 Å². The van der Waals surface area contributed by atoms with Crippen molar-refractivity contribution in [1.82, 2.24) is 0 Å². The molecule has 1 heterocycles. The molecule has 0 bridgehead atoms. The lowest BCUT2D eigenvalue weighted by Crippen LogP contribution is -2.40. The third kappa shape index (κ3) is 2.62. The van der Waals surface area contributed by atoms with Gasteiger partial charge in [-0.15, -0.1) is 0 Å². The van der Waals surface area contributed by atoms with E-state index >= 15 is 0 Å². The Hall–Kier alpha value is -2.51. The predicted octanol–water partition coefficient (Wildman–Crippen LogP) is 1.35. The molecule has 1 aliphatic heterocycles. The normalized spacial score (nSPS) is 33.0. The van der Waals surface area contributed by atoms with E-state index in [2.05, 4.69) is 10.0 Å². The molecule has 2 fully saturated rings. The van der Waals surface area contributed by atoms with E-state index in [1.165, 1.54) is 6.92 Å². The number of azide groups is 1. The predicted molar refractivity (Wildman–Crippen MR) is 82.1 cm³/mol. The number of carbonyl (C=O) groups excluding carboxylic acids is 2. The molecule has 1 aromatic rings. The van der Waals surface area contributed by atoms with Crippen LogP contribution < -0.4 is 0 Å². The lowest BCUT2D eigenvalue weighted by molar-refractivity contribution is -0.152. The van der Waals surface area contributed by atoms with Crippen LogP contribution in [0.4, 0.5) is 0 Å². The molecule has 0 N–H and O–H groups in total. The van der Waals surface area contributed by atoms with Gasteiger partial charge in [-0.05, 0) is 17.7 Å². The number of esters is 2. The Labute approximate surface area is 139 Å². The molecule has 1 saturated heterocycles. The van der Waals surface area contributed by atoms with Crippen LogP contribution in [0.5, 0.6) is 0 Å². The molecular weight excluding hydrogens is 313 g/mol. The average Bonchev–Trinajstić information content (AvgIpc) is 3.06. The van der Waals surface area contributed by atoms with E-state index in [1.54, 1.807) is 30.3 Å². The van der Waals surface area contributed by atoms with Crippen molar-refractivity contribution in [3.8, 4) is 0 Å². The van der Waals surface area contributed by atoms with Crippen molar-refractivity contribution in [2.75, 3.05) is 6.54 Å². The molecule has 1 unspecified atom stereocenters. The highest BCUT2D eigenvalue weighted by atomic mass is 16.6. The van der Waals surface area contributed by atoms with Crippen molar-refractivity contribution >= 4 is 19.8 Å². The number of ether oxygens (including phenoxy) is 3. The second kappa shape index (κ2) is 6.18. The minimum Gasteiger partial charge on any atom is -0.460 e. The number of carbonyl (C=O) groups is 2. The fourth-order valence-corrected chi connectivity index (χ4v) is 3.17. The Morgan fingerprint density at radius 3 is 2.67 bits per heavy atom. The summed E-state index contributed by atoms with van der Waals surface area (Å²) in [5.74, 6) is -1.07. The summed E-state index contributed by atoms with van der Waals surface area (Å²) in [6, 6.07) is 7.60. The van der Waals surface area contributed by atoms with E-state index in [-0.39, 0.29) is 6.54 Å². The average molecular weight is 327 g/mol. The van der Waals surface area contributed by atoms with Gasteiger partial charge in [-0.25, -0.2) is 4.79 Å². The summed E-state index contributed by atoms with van der Waals surface area (Å²) in [6.07, 6.45) is -2.12. The lowest BCUT2D eigenvalue weighted by Gasteiger charge is -2.26. The largest absolute Gasteiger partial charge is 0.460 e. The van der Waals surface area contributed by atoms with Crippen LogP contribution in [0.1, 0.15) is 17.3 Å². The molecule has 0 amide bonds. The zero-order valence-corrected chi connectivity index (χ0v) is 12.9. The molecule has 2 aliphatic rings. The molecule has 3 rings (SSSR count). The van der Waals surface area contributed by atoms with Crippen molar-refractivity contribution in [3.05, 3.63) is 46.3 Å². The van der Waals surface area contributed by atoms with E-state index in [4.69, 9.17) is 27.6 Å². The van der Waals surface area contributed by atoms with E-state index in [0.717, 1.165) is 0 Å². The second-order valence-electron chi connectivity index (χ2n) is 5.74. The number of benzene rings is 1. The van der Waals surface area contributed by atoms with Crippen molar-refractivity contribution in [2.24, 2.45) is 10.5 Å². The molecule has 8 nitrogen and oxygen atoms in total. The number of fused-ring (bicyclic) bond motifs is 1. The monoisotopic (exact) mass is 327 g/mol. The first-order valence-corrected chi connectivity index (χ1v) is 7.36. The van der Waals surface area contributed by atoms with Crippen LogP contribution in [0.25, 0.3) is 10.4 Å². The van der Waals surface area contributed by atoms with E-state index in [9.17, 15) is 9.59 Å². The van der Waals surface area contributed by atoms with Crippen LogP contribution in [0.15, 0.2) is 35.4 Å². The minimum absolute atomic E-state index is 0.0491. The zero-order chi connectivity index (χ0) is 17.3. The molecule has 9 heteroatoms. The molecule has 2 radical (unpaired) electrons. The Kier molecular flexibility index (Phi) is 4.21. The number of hydrogen-bond donors (Lipinski definition) is 0. The smallest absolute Gasteiger partial charge is 0.338 e. The molecule has 0 aromatic heterocycles. The van der Waals surface area contributed by atoms with Gasteiger partial charge in [0.15, 0.2) is 0 Å². The summed E-state index contributed by atoms with van der Waals surface area (Å²) < 4.78 is 16.3. The van der Waals surface area contributed by atoms with Gasteiger partial charge < -0.3 is 14.2 Å². The Balaban J connectivity index is 1.81. The maximum absolute atomic E-state index is 12.2. The third-order valence-electron chi connectivity index (χ3n) is 4.30. The maximum atomic E-state index is 12.2. The summed E-state index contributed by atoms with van der Waals surface area (Å²) in [7, 11) is 5.83. The van der Waals surface area contributed by atoms with Crippen molar-refractivity contribution < 1.29 is 23.8 Å². The molecule has 5 atom stereocenters. The van der Waals surface area contributed by atoms with Crippen molar-refractivity contribution in [2.45, 2.75) is 31.2 Å². The minimum atomic E-state index is -0.943. The standard InChI is InChI=1S/C15H14BN3O5/c1-8(20)22-12-13(16)23-10-11(15(10,12)7-18-19-17)24-14(21)9-5-3-2-4-6-9/h2-6,10-13H,7H2,1H3/t10-,11?,12+,13-,15-/m1/s1. The van der Waals surface area contributed by atoms with Crippen molar-refractivity contribution in [3.63, 3.8) is 0 Å². The van der Waals surface area contributed by atoms with E-state index < -0.39 is 41.7 Å². The summed E-state index contributed by atoms with van der Waals surface area (Å²) >= 11 is 0. The zero-order valence-electron chi connectivity index (χ0n) is 12.9. The maximum Gasteiger partial charge on any atom is 0.338 e. The van der Waals surface area contributed by atoms with Gasteiger partial charge >= 0.3 is 11.9 Å². The Morgan fingerprint density at radius 1 is 1.33 bits per heavy atom. The lowest BCUT2D eigenvalue weighted by atomic mass is 9.85. The first-order valence-electron chi connectivity index (χ1n) is 7.36.